The third kappa shape index (κ3) is 2.69. The van der Waals surface area contributed by atoms with Crippen LogP contribution in [0.25, 0.3) is 27.6 Å². The summed E-state index contributed by atoms with van der Waals surface area (Å²) < 4.78 is 1.98. The van der Waals surface area contributed by atoms with Gasteiger partial charge in [0.2, 0.25) is 0 Å². The van der Waals surface area contributed by atoms with Crippen molar-refractivity contribution in [2.75, 3.05) is 0 Å². The molecule has 0 unspecified atom stereocenters. The molecular weight excluding hydrogens is 364 g/mol. The van der Waals surface area contributed by atoms with Crippen LogP contribution in [0.5, 0.6) is 0 Å². The Balaban J connectivity index is 1.79. The van der Waals surface area contributed by atoms with Gasteiger partial charge in [0, 0.05) is 32.8 Å². The highest BCUT2D eigenvalue weighted by Crippen LogP contribution is 2.39. The lowest BCUT2D eigenvalue weighted by Crippen LogP contribution is -2.13. The number of aryl methyl sites for hydroxylation is 1. The van der Waals surface area contributed by atoms with E-state index in [1.54, 1.807) is 11.8 Å². The number of benzene rings is 2. The van der Waals surface area contributed by atoms with Gasteiger partial charge in [-0.1, -0.05) is 68.4 Å². The molecule has 0 spiro atoms. The molecule has 1 N–H and O–H groups in total. The first-order chi connectivity index (χ1) is 13.4. The lowest BCUT2D eigenvalue weighted by Gasteiger charge is -2.16. The topological polar surface area (TPSA) is 46.0 Å². The molecule has 140 valence electrons. The summed E-state index contributed by atoms with van der Waals surface area (Å²) in [6.45, 7) is 8.72. The molecule has 0 fully saturated rings. The van der Waals surface area contributed by atoms with E-state index in [0.29, 0.717) is 0 Å². The van der Waals surface area contributed by atoms with E-state index >= 15 is 0 Å². The van der Waals surface area contributed by atoms with Gasteiger partial charge < -0.3 is 4.98 Å². The second-order valence-electron chi connectivity index (χ2n) is 8.27. The largest absolute Gasteiger partial charge is 0.339 e. The fourth-order valence-corrected chi connectivity index (χ4v) is 4.73. The molecule has 5 aromatic rings. The van der Waals surface area contributed by atoms with Gasteiger partial charge in [-0.25, -0.2) is 4.98 Å². The summed E-state index contributed by atoms with van der Waals surface area (Å²) in [4.78, 5) is 10.7. The quantitative estimate of drug-likeness (QED) is 0.397. The van der Waals surface area contributed by atoms with Gasteiger partial charge in [0.1, 0.15) is 5.65 Å². The van der Waals surface area contributed by atoms with Gasteiger partial charge in [-0.15, -0.1) is 0 Å². The van der Waals surface area contributed by atoms with E-state index in [-0.39, 0.29) is 5.41 Å². The molecule has 0 atom stereocenters. The van der Waals surface area contributed by atoms with Gasteiger partial charge in [-0.05, 0) is 25.1 Å². The van der Waals surface area contributed by atoms with E-state index in [4.69, 9.17) is 10.1 Å². The van der Waals surface area contributed by atoms with Crippen molar-refractivity contribution < 1.29 is 0 Å². The predicted molar refractivity (Wildman–Crippen MR) is 116 cm³/mol. The van der Waals surface area contributed by atoms with Crippen molar-refractivity contribution in [3.8, 4) is 0 Å². The number of para-hydroxylation sites is 1. The fourth-order valence-electron chi connectivity index (χ4n) is 3.55. The van der Waals surface area contributed by atoms with Crippen molar-refractivity contribution in [1.29, 1.82) is 0 Å². The van der Waals surface area contributed by atoms with Crippen molar-refractivity contribution in [2.45, 2.75) is 42.9 Å². The molecule has 0 aliphatic heterocycles. The standard InChI is InChI=1S/C23H22N4S/c1-14-9-11-15(12-10-14)28-19-20(23(2,3)4)26-27-21-17(13-24-22(19)27)16-7-5-6-8-18(16)25-21/h5-13,25H,1-4H3. The van der Waals surface area contributed by atoms with Gasteiger partial charge in [0.05, 0.1) is 10.6 Å². The molecule has 0 bridgehead atoms. The maximum Gasteiger partial charge on any atom is 0.171 e. The Morgan fingerprint density at radius 3 is 2.46 bits per heavy atom. The lowest BCUT2D eigenvalue weighted by molar-refractivity contribution is 0.553. The number of fused-ring (bicyclic) bond motifs is 5. The average molecular weight is 387 g/mol. The zero-order valence-corrected chi connectivity index (χ0v) is 17.3. The highest BCUT2D eigenvalue weighted by atomic mass is 32.2. The summed E-state index contributed by atoms with van der Waals surface area (Å²) in [5.74, 6) is 0. The van der Waals surface area contributed by atoms with E-state index in [0.717, 1.165) is 32.8 Å². The minimum atomic E-state index is -0.0843. The van der Waals surface area contributed by atoms with Crippen LogP contribution in [0.4, 0.5) is 0 Å². The van der Waals surface area contributed by atoms with Gasteiger partial charge >= 0.3 is 0 Å². The molecule has 28 heavy (non-hydrogen) atoms. The predicted octanol–water partition coefficient (Wildman–Crippen LogP) is 6.12. The first-order valence-electron chi connectivity index (χ1n) is 9.45. The van der Waals surface area contributed by atoms with Crippen LogP contribution in [0, 0.1) is 6.92 Å². The number of nitrogens with zero attached hydrogens (tertiary/aromatic N) is 3. The summed E-state index contributed by atoms with van der Waals surface area (Å²) >= 11 is 1.74. The number of hydrogen-bond acceptors (Lipinski definition) is 3. The first-order valence-corrected chi connectivity index (χ1v) is 10.3. The van der Waals surface area contributed by atoms with E-state index < -0.39 is 0 Å². The molecular formula is C23H22N4S. The first kappa shape index (κ1) is 17.3. The molecule has 5 heteroatoms. The van der Waals surface area contributed by atoms with Crippen molar-refractivity contribution >= 4 is 39.3 Å². The Morgan fingerprint density at radius 1 is 0.964 bits per heavy atom. The van der Waals surface area contributed by atoms with Crippen molar-refractivity contribution in [3.05, 3.63) is 66.0 Å². The normalized spacial score (nSPS) is 12.4. The molecule has 3 aromatic heterocycles. The zero-order valence-electron chi connectivity index (χ0n) is 16.4. The molecule has 0 saturated heterocycles. The molecule has 3 heterocycles. The molecule has 0 aliphatic rings. The minimum Gasteiger partial charge on any atom is -0.339 e. The third-order valence-electron chi connectivity index (χ3n) is 5.02. The summed E-state index contributed by atoms with van der Waals surface area (Å²) in [5.41, 5.74) is 5.24. The number of rotatable bonds is 2. The van der Waals surface area contributed by atoms with E-state index in [2.05, 4.69) is 75.1 Å². The highest BCUT2D eigenvalue weighted by molar-refractivity contribution is 7.99. The average Bonchev–Trinajstić information content (AvgIpc) is 3.22. The second kappa shape index (κ2) is 6.11. The van der Waals surface area contributed by atoms with Gasteiger partial charge in [-0.2, -0.15) is 9.61 Å². The van der Waals surface area contributed by atoms with Crippen molar-refractivity contribution in [2.24, 2.45) is 0 Å². The monoisotopic (exact) mass is 386 g/mol. The Kier molecular flexibility index (Phi) is 3.78. The number of aromatic nitrogens is 4. The van der Waals surface area contributed by atoms with Crippen LogP contribution in [-0.4, -0.2) is 19.6 Å². The van der Waals surface area contributed by atoms with Crippen molar-refractivity contribution in [1.82, 2.24) is 19.6 Å². The van der Waals surface area contributed by atoms with Crippen LogP contribution in [0.15, 0.2) is 64.5 Å². The SMILES string of the molecule is Cc1ccc(Sc2c(C(C)(C)C)nn3c2ncc2c4ccccc4[nH]c23)cc1. The molecule has 4 nitrogen and oxygen atoms in total. The Morgan fingerprint density at radius 2 is 1.71 bits per heavy atom. The molecule has 0 saturated carbocycles. The molecule has 5 rings (SSSR count). The van der Waals surface area contributed by atoms with Crippen LogP contribution in [0.2, 0.25) is 0 Å². The molecule has 0 radical (unpaired) electrons. The van der Waals surface area contributed by atoms with E-state index in [9.17, 15) is 0 Å². The smallest absolute Gasteiger partial charge is 0.171 e. The maximum absolute atomic E-state index is 5.02. The number of aromatic amines is 1. The Labute approximate surface area is 168 Å². The third-order valence-corrected chi connectivity index (χ3v) is 6.11. The van der Waals surface area contributed by atoms with Gasteiger partial charge in [-0.3, -0.25) is 0 Å². The molecule has 2 aromatic carbocycles. The Hall–Kier alpha value is -2.79. The van der Waals surface area contributed by atoms with E-state index in [1.807, 2.05) is 16.8 Å². The second-order valence-corrected chi connectivity index (χ2v) is 9.35. The zero-order chi connectivity index (χ0) is 19.5. The summed E-state index contributed by atoms with van der Waals surface area (Å²) in [6, 6.07) is 16.9. The highest BCUT2D eigenvalue weighted by Gasteiger charge is 2.27. The summed E-state index contributed by atoms with van der Waals surface area (Å²) in [5, 5.41) is 7.29. The van der Waals surface area contributed by atoms with Crippen LogP contribution < -0.4 is 0 Å². The summed E-state index contributed by atoms with van der Waals surface area (Å²) in [6.07, 6.45) is 1.97. The summed E-state index contributed by atoms with van der Waals surface area (Å²) in [7, 11) is 0. The van der Waals surface area contributed by atoms with E-state index in [1.165, 1.54) is 15.8 Å². The number of nitrogens with one attached hydrogen (secondary N) is 1. The van der Waals surface area contributed by atoms with Crippen molar-refractivity contribution in [3.63, 3.8) is 0 Å². The Bertz CT molecular complexity index is 1320. The fraction of sp³-hybridized carbons (Fsp3) is 0.217. The number of H-pyrrole nitrogens is 1. The van der Waals surface area contributed by atoms with Gasteiger partial charge in [0.15, 0.2) is 5.65 Å². The van der Waals surface area contributed by atoms with Gasteiger partial charge in [0.25, 0.3) is 0 Å². The van der Waals surface area contributed by atoms with Crippen LogP contribution in [0.3, 0.4) is 0 Å². The number of hydrogen-bond donors (Lipinski definition) is 1. The molecule has 0 aliphatic carbocycles. The van der Waals surface area contributed by atoms with Crippen LogP contribution in [0.1, 0.15) is 32.0 Å². The van der Waals surface area contributed by atoms with Crippen LogP contribution in [-0.2, 0) is 5.41 Å². The van der Waals surface area contributed by atoms with Crippen LogP contribution >= 0.6 is 11.8 Å². The minimum absolute atomic E-state index is 0.0843. The lowest BCUT2D eigenvalue weighted by atomic mass is 9.92. The molecule has 0 amide bonds. The maximum atomic E-state index is 5.02.